The molecule has 1 N–H and O–H groups in total. The number of aromatic nitrogens is 3. The van der Waals surface area contributed by atoms with Crippen molar-refractivity contribution in [2.24, 2.45) is 0 Å². The average Bonchev–Trinajstić information content (AvgIpc) is 2.92. The molecular formula is C13H15N5. The number of nitrogens with zero attached hydrogens (tertiary/aromatic N) is 4. The molecule has 5 heteroatoms. The molecule has 0 saturated carbocycles. The molecule has 2 atom stereocenters. The van der Waals surface area contributed by atoms with Gasteiger partial charge in [0.2, 0.25) is 0 Å². The first-order chi connectivity index (χ1) is 8.72. The fourth-order valence-corrected chi connectivity index (χ4v) is 1.70. The van der Waals surface area contributed by atoms with Crippen LogP contribution in [-0.2, 0) is 0 Å². The Morgan fingerprint density at radius 3 is 2.83 bits per heavy atom. The molecule has 92 valence electrons. The normalized spacial score (nSPS) is 13.6. The number of rotatable bonds is 4. The third-order valence-electron chi connectivity index (χ3n) is 2.96. The van der Waals surface area contributed by atoms with Crippen LogP contribution in [0.4, 0.5) is 5.82 Å². The van der Waals surface area contributed by atoms with E-state index in [1.165, 1.54) is 0 Å². The van der Waals surface area contributed by atoms with Gasteiger partial charge in [-0.25, -0.2) is 4.98 Å². The average molecular weight is 241 g/mol. The fraction of sp³-hybridized carbons (Fsp3) is 0.308. The number of hydrogen-bond acceptors (Lipinski definition) is 4. The zero-order valence-corrected chi connectivity index (χ0v) is 10.4. The summed E-state index contributed by atoms with van der Waals surface area (Å²) in [6, 6.07) is 7.82. The van der Waals surface area contributed by atoms with E-state index in [1.54, 1.807) is 24.5 Å². The molecule has 2 rings (SSSR count). The van der Waals surface area contributed by atoms with Crippen LogP contribution in [0.5, 0.6) is 0 Å². The Bertz CT molecular complexity index is 541. The van der Waals surface area contributed by atoms with E-state index >= 15 is 0 Å². The second-order valence-electron chi connectivity index (χ2n) is 4.17. The van der Waals surface area contributed by atoms with Gasteiger partial charge in [-0.2, -0.15) is 10.4 Å². The highest BCUT2D eigenvalue weighted by Crippen LogP contribution is 2.16. The molecule has 2 aromatic heterocycles. The zero-order valence-electron chi connectivity index (χ0n) is 10.4. The summed E-state index contributed by atoms with van der Waals surface area (Å²) in [6.45, 7) is 4.11. The van der Waals surface area contributed by atoms with Crippen molar-refractivity contribution in [2.75, 3.05) is 5.32 Å². The number of anilines is 1. The second-order valence-corrected chi connectivity index (χ2v) is 4.17. The number of pyridine rings is 1. The Labute approximate surface area is 106 Å². The Hall–Kier alpha value is -2.35. The van der Waals surface area contributed by atoms with Gasteiger partial charge in [-0.1, -0.05) is 0 Å². The predicted octanol–water partition coefficient (Wildman–Crippen LogP) is 2.21. The topological polar surface area (TPSA) is 66.5 Å². The first kappa shape index (κ1) is 12.1. The van der Waals surface area contributed by atoms with E-state index in [0.29, 0.717) is 11.4 Å². The summed E-state index contributed by atoms with van der Waals surface area (Å²) in [6.07, 6.45) is 5.35. The summed E-state index contributed by atoms with van der Waals surface area (Å²) in [5, 5.41) is 16.5. The van der Waals surface area contributed by atoms with Gasteiger partial charge in [0, 0.05) is 24.6 Å². The van der Waals surface area contributed by atoms with E-state index < -0.39 is 0 Å². The lowest BCUT2D eigenvalue weighted by atomic mass is 10.1. The van der Waals surface area contributed by atoms with Crippen molar-refractivity contribution in [1.29, 1.82) is 5.26 Å². The molecule has 2 aromatic rings. The van der Waals surface area contributed by atoms with Gasteiger partial charge in [0.1, 0.15) is 11.9 Å². The molecule has 0 aliphatic carbocycles. The Morgan fingerprint density at radius 1 is 1.33 bits per heavy atom. The summed E-state index contributed by atoms with van der Waals surface area (Å²) in [7, 11) is 0. The van der Waals surface area contributed by atoms with Crippen LogP contribution in [0.25, 0.3) is 0 Å². The van der Waals surface area contributed by atoms with Crippen LogP contribution < -0.4 is 5.32 Å². The molecule has 0 aromatic carbocycles. The first-order valence-corrected chi connectivity index (χ1v) is 5.83. The largest absolute Gasteiger partial charge is 0.364 e. The van der Waals surface area contributed by atoms with Crippen molar-refractivity contribution < 1.29 is 0 Å². The Balaban J connectivity index is 2.12. The highest BCUT2D eigenvalue weighted by atomic mass is 15.3. The molecule has 0 amide bonds. The summed E-state index contributed by atoms with van der Waals surface area (Å²) in [4.78, 5) is 4.19. The lowest BCUT2D eigenvalue weighted by molar-refractivity contribution is 0.443. The fourth-order valence-electron chi connectivity index (χ4n) is 1.70. The van der Waals surface area contributed by atoms with E-state index in [2.05, 4.69) is 28.4 Å². The number of hydrogen-bond donors (Lipinski definition) is 1. The molecule has 0 fully saturated rings. The summed E-state index contributed by atoms with van der Waals surface area (Å²) in [5.41, 5.74) is 0.553. The van der Waals surface area contributed by atoms with E-state index in [-0.39, 0.29) is 12.1 Å². The second kappa shape index (κ2) is 5.32. The van der Waals surface area contributed by atoms with Crippen LogP contribution in [0.2, 0.25) is 0 Å². The van der Waals surface area contributed by atoms with Crippen molar-refractivity contribution in [3.63, 3.8) is 0 Å². The van der Waals surface area contributed by atoms with Gasteiger partial charge in [0.15, 0.2) is 0 Å². The third-order valence-corrected chi connectivity index (χ3v) is 2.96. The van der Waals surface area contributed by atoms with Gasteiger partial charge in [-0.15, -0.1) is 0 Å². The molecule has 0 saturated heterocycles. The smallest absolute Gasteiger partial charge is 0.144 e. The molecule has 5 nitrogen and oxygen atoms in total. The van der Waals surface area contributed by atoms with Gasteiger partial charge in [0.05, 0.1) is 11.6 Å². The molecule has 2 unspecified atom stereocenters. The van der Waals surface area contributed by atoms with Gasteiger partial charge in [-0.3, -0.25) is 4.68 Å². The van der Waals surface area contributed by atoms with Gasteiger partial charge in [-0.05, 0) is 32.0 Å². The van der Waals surface area contributed by atoms with Crippen molar-refractivity contribution in [3.05, 3.63) is 42.4 Å². The maximum atomic E-state index is 9.01. The van der Waals surface area contributed by atoms with Crippen molar-refractivity contribution in [2.45, 2.75) is 25.9 Å². The monoisotopic (exact) mass is 241 g/mol. The maximum absolute atomic E-state index is 9.01. The van der Waals surface area contributed by atoms with Gasteiger partial charge in [0.25, 0.3) is 0 Å². The van der Waals surface area contributed by atoms with E-state index in [0.717, 1.165) is 0 Å². The Kier molecular flexibility index (Phi) is 3.58. The third kappa shape index (κ3) is 2.48. The van der Waals surface area contributed by atoms with E-state index in [4.69, 9.17) is 5.26 Å². The number of nitrogens with one attached hydrogen (secondary N) is 1. The molecule has 0 bridgehead atoms. The van der Waals surface area contributed by atoms with E-state index in [1.807, 2.05) is 23.9 Å². The zero-order chi connectivity index (χ0) is 13.0. The lowest BCUT2D eigenvalue weighted by Gasteiger charge is -2.22. The summed E-state index contributed by atoms with van der Waals surface area (Å²) < 4.78 is 1.88. The summed E-state index contributed by atoms with van der Waals surface area (Å²) >= 11 is 0. The van der Waals surface area contributed by atoms with Gasteiger partial charge >= 0.3 is 0 Å². The quantitative estimate of drug-likeness (QED) is 0.891. The van der Waals surface area contributed by atoms with E-state index in [9.17, 15) is 0 Å². The molecule has 2 heterocycles. The molecule has 0 aliphatic rings. The molecule has 0 aliphatic heterocycles. The van der Waals surface area contributed by atoms with Gasteiger partial charge < -0.3 is 5.32 Å². The van der Waals surface area contributed by atoms with Crippen molar-refractivity contribution >= 4 is 5.82 Å². The standard InChI is InChI=1S/C13H15N5/c1-10(11(2)18-8-4-7-16-18)17-13-12(9-14)5-3-6-15-13/h3-8,10-11H,1-2H3,(H,15,17). The SMILES string of the molecule is CC(Nc1ncccc1C#N)C(C)n1cccn1. The van der Waals surface area contributed by atoms with Crippen LogP contribution >= 0.6 is 0 Å². The molecular weight excluding hydrogens is 226 g/mol. The minimum atomic E-state index is 0.117. The van der Waals surface area contributed by atoms with Crippen LogP contribution in [0.1, 0.15) is 25.5 Å². The highest BCUT2D eigenvalue weighted by molar-refractivity contribution is 5.51. The maximum Gasteiger partial charge on any atom is 0.144 e. The molecule has 0 radical (unpaired) electrons. The van der Waals surface area contributed by atoms with Crippen LogP contribution in [0, 0.1) is 11.3 Å². The molecule has 0 spiro atoms. The minimum Gasteiger partial charge on any atom is -0.364 e. The Morgan fingerprint density at radius 2 is 2.17 bits per heavy atom. The van der Waals surface area contributed by atoms with Crippen LogP contribution in [0.15, 0.2) is 36.8 Å². The minimum absolute atomic E-state index is 0.117. The highest BCUT2D eigenvalue weighted by Gasteiger charge is 2.15. The predicted molar refractivity (Wildman–Crippen MR) is 69.0 cm³/mol. The summed E-state index contributed by atoms with van der Waals surface area (Å²) in [5.74, 6) is 0.617. The van der Waals surface area contributed by atoms with Crippen molar-refractivity contribution in [3.8, 4) is 6.07 Å². The first-order valence-electron chi connectivity index (χ1n) is 5.83. The lowest BCUT2D eigenvalue weighted by Crippen LogP contribution is -2.27. The van der Waals surface area contributed by atoms with Crippen LogP contribution in [0.3, 0.4) is 0 Å². The van der Waals surface area contributed by atoms with Crippen LogP contribution in [-0.4, -0.2) is 20.8 Å². The van der Waals surface area contributed by atoms with Crippen molar-refractivity contribution in [1.82, 2.24) is 14.8 Å². The number of nitriles is 1. The molecule has 18 heavy (non-hydrogen) atoms.